The number of hydrogen-bond donors (Lipinski definition) is 2. The predicted molar refractivity (Wildman–Crippen MR) is 83.6 cm³/mol. The van der Waals surface area contributed by atoms with Gasteiger partial charge in [-0.1, -0.05) is 12.1 Å². The normalized spacial score (nSPS) is 16.5. The molecule has 1 atom stereocenters. The van der Waals surface area contributed by atoms with Crippen LogP contribution in [0.4, 0.5) is 5.69 Å². The third-order valence-corrected chi connectivity index (χ3v) is 4.46. The topological polar surface area (TPSA) is 49.5 Å². The summed E-state index contributed by atoms with van der Waals surface area (Å²) in [4.78, 5) is 2.38. The quantitative estimate of drug-likeness (QED) is 0.803. The molecule has 0 spiro atoms. The van der Waals surface area contributed by atoms with Crippen molar-refractivity contribution < 1.29 is 5.11 Å². The molecule has 0 bridgehead atoms. The summed E-state index contributed by atoms with van der Waals surface area (Å²) in [7, 11) is 0. The molecule has 0 radical (unpaired) electrons. The number of thiophene rings is 1. The average Bonchev–Trinajstić information content (AvgIpc) is 3.16. The second-order valence-electron chi connectivity index (χ2n) is 5.48. The van der Waals surface area contributed by atoms with Crippen molar-refractivity contribution in [1.82, 2.24) is 4.90 Å². The first-order valence-corrected chi connectivity index (χ1v) is 7.95. The molecule has 1 saturated carbocycles. The highest BCUT2D eigenvalue weighted by Crippen LogP contribution is 2.30. The molecule has 4 heteroatoms. The molecule has 1 unspecified atom stereocenters. The van der Waals surface area contributed by atoms with Gasteiger partial charge in [0.15, 0.2) is 0 Å². The van der Waals surface area contributed by atoms with Gasteiger partial charge in [0.05, 0.1) is 6.10 Å². The lowest BCUT2D eigenvalue weighted by atomic mass is 10.1. The minimum Gasteiger partial charge on any atom is -0.399 e. The van der Waals surface area contributed by atoms with Gasteiger partial charge < -0.3 is 10.8 Å². The summed E-state index contributed by atoms with van der Waals surface area (Å²) in [6.07, 6.45) is 2.01. The minimum absolute atomic E-state index is 0.474. The molecule has 1 aromatic carbocycles. The largest absolute Gasteiger partial charge is 0.399 e. The van der Waals surface area contributed by atoms with Crippen molar-refractivity contribution >= 4 is 17.0 Å². The van der Waals surface area contributed by atoms with E-state index in [-0.39, 0.29) is 0 Å². The van der Waals surface area contributed by atoms with E-state index in [1.165, 1.54) is 18.4 Å². The minimum atomic E-state index is -0.474. The van der Waals surface area contributed by atoms with Crippen molar-refractivity contribution in [3.05, 3.63) is 52.2 Å². The Morgan fingerprint density at radius 1 is 1.35 bits per heavy atom. The second-order valence-corrected chi connectivity index (χ2v) is 6.26. The van der Waals surface area contributed by atoms with Crippen LogP contribution < -0.4 is 5.73 Å². The molecular formula is C16H20N2OS. The van der Waals surface area contributed by atoms with Crippen LogP contribution in [0, 0.1) is 0 Å². The first-order valence-electron chi connectivity index (χ1n) is 7.01. The Bertz CT molecular complexity index is 551. The van der Waals surface area contributed by atoms with Gasteiger partial charge in [-0.15, -0.1) is 0 Å². The molecule has 3 nitrogen and oxygen atoms in total. The van der Waals surface area contributed by atoms with E-state index in [4.69, 9.17) is 5.73 Å². The number of hydrogen-bond acceptors (Lipinski definition) is 4. The van der Waals surface area contributed by atoms with Crippen LogP contribution in [-0.4, -0.2) is 22.6 Å². The van der Waals surface area contributed by atoms with E-state index in [1.54, 1.807) is 11.3 Å². The maximum Gasteiger partial charge on any atom is 0.0917 e. The smallest absolute Gasteiger partial charge is 0.0917 e. The molecule has 3 rings (SSSR count). The van der Waals surface area contributed by atoms with Crippen molar-refractivity contribution in [2.45, 2.75) is 31.5 Å². The van der Waals surface area contributed by atoms with E-state index in [1.807, 2.05) is 24.3 Å². The number of nitrogens with zero attached hydrogens (tertiary/aromatic N) is 1. The molecule has 1 aromatic heterocycles. The van der Waals surface area contributed by atoms with E-state index in [2.05, 4.69) is 21.7 Å². The van der Waals surface area contributed by atoms with Crippen molar-refractivity contribution in [3.63, 3.8) is 0 Å². The maximum atomic E-state index is 10.4. The monoisotopic (exact) mass is 288 g/mol. The second kappa shape index (κ2) is 5.95. The third kappa shape index (κ3) is 3.39. The Kier molecular flexibility index (Phi) is 4.05. The van der Waals surface area contributed by atoms with E-state index >= 15 is 0 Å². The van der Waals surface area contributed by atoms with Crippen LogP contribution in [0.2, 0.25) is 0 Å². The summed E-state index contributed by atoms with van der Waals surface area (Å²) in [5.74, 6) is 0. The molecule has 2 aromatic rings. The number of nitrogen functional groups attached to an aromatic ring is 1. The molecular weight excluding hydrogens is 268 g/mol. The lowest BCUT2D eigenvalue weighted by Crippen LogP contribution is -2.30. The summed E-state index contributed by atoms with van der Waals surface area (Å²) in [6, 6.07) is 10.3. The van der Waals surface area contributed by atoms with Crippen LogP contribution in [0.25, 0.3) is 0 Å². The number of rotatable bonds is 6. The standard InChI is InChI=1S/C16H20N2OS/c17-14-3-1-2-13(8-14)16(19)10-18(15-4-5-15)9-12-6-7-20-11-12/h1-3,6-8,11,15-16,19H,4-5,9-10,17H2. The number of anilines is 1. The van der Waals surface area contributed by atoms with E-state index in [9.17, 15) is 5.11 Å². The number of benzene rings is 1. The zero-order valence-electron chi connectivity index (χ0n) is 11.4. The highest BCUT2D eigenvalue weighted by atomic mass is 32.1. The fraction of sp³-hybridized carbons (Fsp3) is 0.375. The van der Waals surface area contributed by atoms with Gasteiger partial charge in [0.25, 0.3) is 0 Å². The number of aliphatic hydroxyl groups excluding tert-OH is 1. The van der Waals surface area contributed by atoms with Gasteiger partial charge in [-0.05, 0) is 52.9 Å². The Balaban J connectivity index is 1.67. The first kappa shape index (κ1) is 13.6. The summed E-state index contributed by atoms with van der Waals surface area (Å²) in [5, 5.41) is 14.7. The fourth-order valence-corrected chi connectivity index (χ4v) is 3.15. The first-order chi connectivity index (χ1) is 9.72. The van der Waals surface area contributed by atoms with Crippen LogP contribution in [0.5, 0.6) is 0 Å². The van der Waals surface area contributed by atoms with Crippen molar-refractivity contribution in [2.75, 3.05) is 12.3 Å². The zero-order valence-corrected chi connectivity index (χ0v) is 12.2. The van der Waals surface area contributed by atoms with Gasteiger partial charge in [-0.25, -0.2) is 0 Å². The van der Waals surface area contributed by atoms with Gasteiger partial charge in [-0.2, -0.15) is 11.3 Å². The lowest BCUT2D eigenvalue weighted by Gasteiger charge is -2.25. The van der Waals surface area contributed by atoms with Gasteiger partial charge in [0, 0.05) is 24.8 Å². The van der Waals surface area contributed by atoms with Gasteiger partial charge >= 0.3 is 0 Å². The molecule has 0 saturated heterocycles. The van der Waals surface area contributed by atoms with Gasteiger partial charge in [-0.3, -0.25) is 4.90 Å². The summed E-state index contributed by atoms with van der Waals surface area (Å²) < 4.78 is 0. The molecule has 106 valence electrons. The van der Waals surface area contributed by atoms with Crippen LogP contribution in [0.15, 0.2) is 41.1 Å². The summed E-state index contributed by atoms with van der Waals surface area (Å²) >= 11 is 1.73. The van der Waals surface area contributed by atoms with Gasteiger partial charge in [0.2, 0.25) is 0 Å². The Hall–Kier alpha value is -1.36. The predicted octanol–water partition coefficient (Wildman–Crippen LogP) is 3.03. The molecule has 3 N–H and O–H groups in total. The molecule has 1 aliphatic rings. The van der Waals surface area contributed by atoms with Crippen molar-refractivity contribution in [1.29, 1.82) is 0 Å². The maximum absolute atomic E-state index is 10.4. The summed E-state index contributed by atoms with van der Waals surface area (Å²) in [6.45, 7) is 1.59. The molecule has 0 amide bonds. The number of nitrogens with two attached hydrogens (primary N) is 1. The molecule has 1 fully saturated rings. The van der Waals surface area contributed by atoms with Crippen molar-refractivity contribution in [3.8, 4) is 0 Å². The van der Waals surface area contributed by atoms with E-state index in [0.717, 1.165) is 12.1 Å². The summed E-state index contributed by atoms with van der Waals surface area (Å²) in [5.41, 5.74) is 8.73. The lowest BCUT2D eigenvalue weighted by molar-refractivity contribution is 0.104. The SMILES string of the molecule is Nc1cccc(C(O)CN(Cc2ccsc2)C2CC2)c1. The highest BCUT2D eigenvalue weighted by molar-refractivity contribution is 7.07. The van der Waals surface area contributed by atoms with Crippen LogP contribution in [0.1, 0.15) is 30.1 Å². The fourth-order valence-electron chi connectivity index (χ4n) is 2.49. The molecule has 20 heavy (non-hydrogen) atoms. The van der Waals surface area contributed by atoms with Crippen LogP contribution in [0.3, 0.4) is 0 Å². The molecule has 1 aliphatic carbocycles. The average molecular weight is 288 g/mol. The van der Waals surface area contributed by atoms with Gasteiger partial charge in [0.1, 0.15) is 0 Å². The highest BCUT2D eigenvalue weighted by Gasteiger charge is 2.30. The Morgan fingerprint density at radius 3 is 2.85 bits per heavy atom. The Labute approximate surface area is 123 Å². The van der Waals surface area contributed by atoms with E-state index in [0.29, 0.717) is 18.3 Å². The van der Waals surface area contributed by atoms with E-state index < -0.39 is 6.10 Å². The Morgan fingerprint density at radius 2 is 2.20 bits per heavy atom. The third-order valence-electron chi connectivity index (χ3n) is 3.73. The van der Waals surface area contributed by atoms with Crippen LogP contribution >= 0.6 is 11.3 Å². The zero-order chi connectivity index (χ0) is 13.9. The molecule has 1 heterocycles. The van der Waals surface area contributed by atoms with Crippen LogP contribution in [-0.2, 0) is 6.54 Å². The number of aliphatic hydroxyl groups is 1. The van der Waals surface area contributed by atoms with Crippen molar-refractivity contribution in [2.24, 2.45) is 0 Å². The molecule has 0 aliphatic heterocycles.